The maximum absolute atomic E-state index is 12.8. The third-order valence-corrected chi connectivity index (χ3v) is 4.94. The normalized spacial score (nSPS) is 14.5. The molecule has 1 heterocycles. The molecule has 2 aromatic rings. The molecule has 0 unspecified atom stereocenters. The van der Waals surface area contributed by atoms with Gasteiger partial charge < -0.3 is 14.5 Å². The molecular formula is C21H25N3O4. The summed E-state index contributed by atoms with van der Waals surface area (Å²) in [6.07, 6.45) is 1.65. The van der Waals surface area contributed by atoms with Gasteiger partial charge in [-0.3, -0.25) is 4.79 Å². The number of hydrogen-bond acceptors (Lipinski definition) is 5. The molecule has 0 bridgehead atoms. The first-order chi connectivity index (χ1) is 13.4. The molecule has 1 aliphatic carbocycles. The molecule has 0 saturated heterocycles. The molecule has 0 radical (unpaired) electrons. The Kier molecular flexibility index (Phi) is 5.82. The van der Waals surface area contributed by atoms with E-state index >= 15 is 0 Å². The number of benzene rings is 1. The van der Waals surface area contributed by atoms with Crippen LogP contribution in [0.4, 0.5) is 10.5 Å². The minimum atomic E-state index is -0.601. The van der Waals surface area contributed by atoms with E-state index in [0.717, 1.165) is 46.5 Å². The van der Waals surface area contributed by atoms with E-state index in [0.29, 0.717) is 12.1 Å². The van der Waals surface area contributed by atoms with E-state index in [-0.39, 0.29) is 18.3 Å². The fraction of sp³-hybridized carbons (Fsp3) is 0.381. The SMILES string of the molecule is CCOC(=O)N/N=C1\CCCc2oc(C(=O)Nc3cccc(C)c3C)c(C)c21. The number of carbonyl (C=O) groups is 2. The quantitative estimate of drug-likeness (QED) is 0.772. The van der Waals surface area contributed by atoms with Crippen LogP contribution in [0.5, 0.6) is 0 Å². The second-order valence-electron chi connectivity index (χ2n) is 6.80. The van der Waals surface area contributed by atoms with Crippen LogP contribution in [-0.4, -0.2) is 24.3 Å². The van der Waals surface area contributed by atoms with Crippen molar-refractivity contribution in [3.63, 3.8) is 0 Å². The zero-order chi connectivity index (χ0) is 20.3. The number of aryl methyl sites for hydroxylation is 2. The van der Waals surface area contributed by atoms with Crippen molar-refractivity contribution in [1.82, 2.24) is 5.43 Å². The number of nitrogens with one attached hydrogen (secondary N) is 2. The largest absolute Gasteiger partial charge is 0.455 e. The summed E-state index contributed by atoms with van der Waals surface area (Å²) in [4.78, 5) is 24.4. The molecule has 148 valence electrons. The van der Waals surface area contributed by atoms with Crippen LogP contribution in [0.15, 0.2) is 27.7 Å². The number of rotatable bonds is 4. The third kappa shape index (κ3) is 3.93. The summed E-state index contributed by atoms with van der Waals surface area (Å²) in [6, 6.07) is 5.78. The molecular weight excluding hydrogens is 358 g/mol. The second kappa shape index (κ2) is 8.29. The average molecular weight is 383 g/mol. The fourth-order valence-corrected chi connectivity index (χ4v) is 3.34. The molecule has 3 rings (SSSR count). The number of amides is 2. The Morgan fingerprint density at radius 1 is 1.18 bits per heavy atom. The number of hydrazone groups is 1. The highest BCUT2D eigenvalue weighted by Gasteiger charge is 2.28. The number of fused-ring (bicyclic) bond motifs is 1. The number of furan rings is 1. The number of carbonyl (C=O) groups excluding carboxylic acids is 2. The fourth-order valence-electron chi connectivity index (χ4n) is 3.34. The first-order valence-corrected chi connectivity index (χ1v) is 9.41. The second-order valence-corrected chi connectivity index (χ2v) is 6.80. The van der Waals surface area contributed by atoms with Gasteiger partial charge in [-0.15, -0.1) is 0 Å². The van der Waals surface area contributed by atoms with Gasteiger partial charge in [-0.2, -0.15) is 5.10 Å². The number of ether oxygens (including phenoxy) is 1. The Bertz CT molecular complexity index is 943. The Labute approximate surface area is 164 Å². The van der Waals surface area contributed by atoms with Crippen LogP contribution in [-0.2, 0) is 11.2 Å². The monoisotopic (exact) mass is 383 g/mol. The van der Waals surface area contributed by atoms with Crippen LogP contribution in [0.1, 0.15) is 58.3 Å². The highest BCUT2D eigenvalue weighted by atomic mass is 16.5. The molecule has 7 nitrogen and oxygen atoms in total. The summed E-state index contributed by atoms with van der Waals surface area (Å²) in [6.45, 7) is 7.81. The van der Waals surface area contributed by atoms with E-state index in [1.54, 1.807) is 6.92 Å². The van der Waals surface area contributed by atoms with E-state index in [1.807, 2.05) is 39.0 Å². The Hall–Kier alpha value is -3.09. The molecule has 2 amide bonds. The van der Waals surface area contributed by atoms with Gasteiger partial charge in [-0.05, 0) is 57.7 Å². The Morgan fingerprint density at radius 2 is 1.96 bits per heavy atom. The van der Waals surface area contributed by atoms with Crippen molar-refractivity contribution in [3.05, 3.63) is 52.0 Å². The summed E-state index contributed by atoms with van der Waals surface area (Å²) in [7, 11) is 0. The Morgan fingerprint density at radius 3 is 2.71 bits per heavy atom. The van der Waals surface area contributed by atoms with Gasteiger partial charge in [0.2, 0.25) is 0 Å². The molecule has 2 N–H and O–H groups in total. The minimum absolute atomic E-state index is 0.273. The smallest absolute Gasteiger partial charge is 0.427 e. The van der Waals surface area contributed by atoms with Crippen LogP contribution in [0, 0.1) is 20.8 Å². The molecule has 0 saturated carbocycles. The van der Waals surface area contributed by atoms with Gasteiger partial charge in [0, 0.05) is 23.2 Å². The van der Waals surface area contributed by atoms with E-state index in [4.69, 9.17) is 9.15 Å². The van der Waals surface area contributed by atoms with Crippen molar-refractivity contribution in [3.8, 4) is 0 Å². The molecule has 1 aromatic heterocycles. The van der Waals surface area contributed by atoms with Crippen molar-refractivity contribution in [1.29, 1.82) is 0 Å². The van der Waals surface area contributed by atoms with Crippen molar-refractivity contribution in [2.24, 2.45) is 5.10 Å². The van der Waals surface area contributed by atoms with Crippen molar-refractivity contribution >= 4 is 23.4 Å². The van der Waals surface area contributed by atoms with Crippen LogP contribution in [0.2, 0.25) is 0 Å². The van der Waals surface area contributed by atoms with E-state index < -0.39 is 6.09 Å². The van der Waals surface area contributed by atoms with Crippen LogP contribution < -0.4 is 10.7 Å². The van der Waals surface area contributed by atoms with Gasteiger partial charge in [-0.25, -0.2) is 10.2 Å². The number of hydrogen-bond donors (Lipinski definition) is 2. The minimum Gasteiger partial charge on any atom is -0.455 e. The molecule has 0 spiro atoms. The van der Waals surface area contributed by atoms with E-state index in [1.165, 1.54) is 0 Å². The summed E-state index contributed by atoms with van der Waals surface area (Å²) >= 11 is 0. The average Bonchev–Trinajstić information content (AvgIpc) is 3.01. The van der Waals surface area contributed by atoms with Gasteiger partial charge in [0.1, 0.15) is 5.76 Å². The molecule has 0 aliphatic heterocycles. The lowest BCUT2D eigenvalue weighted by Crippen LogP contribution is -2.22. The standard InChI is InChI=1S/C21H25N3O4/c1-5-27-21(26)24-23-16-10-7-11-17-18(16)14(4)19(28-17)20(25)22-15-9-6-8-12(2)13(15)3/h6,8-9H,5,7,10-11H2,1-4H3,(H,22,25)(H,24,26)/b23-16+. The maximum Gasteiger partial charge on any atom is 0.427 e. The van der Waals surface area contributed by atoms with Crippen LogP contribution in [0.25, 0.3) is 0 Å². The summed E-state index contributed by atoms with van der Waals surface area (Å²) in [5.41, 5.74) is 7.50. The molecule has 28 heavy (non-hydrogen) atoms. The number of nitrogens with zero attached hydrogens (tertiary/aromatic N) is 1. The number of anilines is 1. The van der Waals surface area contributed by atoms with Gasteiger partial charge in [0.25, 0.3) is 5.91 Å². The topological polar surface area (TPSA) is 92.9 Å². The van der Waals surface area contributed by atoms with Crippen molar-refractivity contribution in [2.45, 2.75) is 47.0 Å². The van der Waals surface area contributed by atoms with Gasteiger partial charge in [-0.1, -0.05) is 12.1 Å². The summed E-state index contributed by atoms with van der Waals surface area (Å²) < 4.78 is 10.7. The van der Waals surface area contributed by atoms with Gasteiger partial charge in [0.15, 0.2) is 5.76 Å². The first-order valence-electron chi connectivity index (χ1n) is 9.41. The predicted octanol–water partition coefficient (Wildman–Crippen LogP) is 4.24. The van der Waals surface area contributed by atoms with Crippen molar-refractivity contribution in [2.75, 3.05) is 11.9 Å². The lowest BCUT2D eigenvalue weighted by Gasteiger charge is -2.13. The molecule has 1 aromatic carbocycles. The molecule has 1 aliphatic rings. The Balaban J connectivity index is 1.87. The van der Waals surface area contributed by atoms with Crippen LogP contribution >= 0.6 is 0 Å². The van der Waals surface area contributed by atoms with Crippen LogP contribution in [0.3, 0.4) is 0 Å². The highest BCUT2D eigenvalue weighted by Crippen LogP contribution is 2.30. The van der Waals surface area contributed by atoms with E-state index in [2.05, 4.69) is 15.8 Å². The van der Waals surface area contributed by atoms with Gasteiger partial charge in [0.05, 0.1) is 12.3 Å². The predicted molar refractivity (Wildman–Crippen MR) is 107 cm³/mol. The highest BCUT2D eigenvalue weighted by molar-refractivity contribution is 6.09. The van der Waals surface area contributed by atoms with E-state index in [9.17, 15) is 9.59 Å². The summed E-state index contributed by atoms with van der Waals surface area (Å²) in [5.74, 6) is 0.703. The summed E-state index contributed by atoms with van der Waals surface area (Å²) in [5, 5.41) is 7.12. The van der Waals surface area contributed by atoms with Gasteiger partial charge >= 0.3 is 6.09 Å². The lowest BCUT2D eigenvalue weighted by atomic mass is 9.93. The van der Waals surface area contributed by atoms with Crippen molar-refractivity contribution < 1.29 is 18.7 Å². The molecule has 0 atom stereocenters. The lowest BCUT2D eigenvalue weighted by molar-refractivity contribution is 0.0994. The molecule has 0 fully saturated rings. The zero-order valence-corrected chi connectivity index (χ0v) is 16.6. The maximum atomic E-state index is 12.8. The third-order valence-electron chi connectivity index (χ3n) is 4.94. The first kappa shape index (κ1) is 19.7. The molecule has 7 heteroatoms. The zero-order valence-electron chi connectivity index (χ0n) is 16.6.